The highest BCUT2D eigenvalue weighted by molar-refractivity contribution is 7.98. The third-order valence-corrected chi connectivity index (χ3v) is 10.5. The van der Waals surface area contributed by atoms with Crippen molar-refractivity contribution in [3.05, 3.63) is 136 Å². The van der Waals surface area contributed by atoms with Crippen LogP contribution in [0.5, 0.6) is 0 Å². The molecule has 0 bridgehead atoms. The molecule has 0 aliphatic rings. The number of para-hydroxylation sites is 1. The topological polar surface area (TPSA) is 161 Å². The second kappa shape index (κ2) is 20.4. The predicted octanol–water partition coefficient (Wildman–Crippen LogP) is 6.85. The molecule has 5 aromatic rings. The van der Waals surface area contributed by atoms with E-state index >= 15 is 0 Å². The third-order valence-electron chi connectivity index (χ3n) is 9.45. The van der Waals surface area contributed by atoms with Gasteiger partial charge in [0.2, 0.25) is 5.91 Å². The summed E-state index contributed by atoms with van der Waals surface area (Å²) in [6.07, 6.45) is -9.25. The molecule has 0 saturated heterocycles. The normalized spacial score (nSPS) is 13.0. The Kier molecular flexibility index (Phi) is 15.9. The highest BCUT2D eigenvalue weighted by Crippen LogP contribution is 2.32. The fourth-order valence-electron chi connectivity index (χ4n) is 6.12. The molecule has 0 radical (unpaired) electrons. The van der Waals surface area contributed by atoms with E-state index in [2.05, 4.69) is 4.90 Å². The Labute approximate surface area is 339 Å². The highest BCUT2D eigenvalue weighted by atomic mass is 32.2. The molecule has 4 N–H and O–H groups in total. The van der Waals surface area contributed by atoms with Crippen molar-refractivity contribution in [2.75, 3.05) is 13.1 Å². The molecule has 4 aromatic carbocycles. The van der Waals surface area contributed by atoms with Gasteiger partial charge in [-0.15, -0.1) is 11.8 Å². The summed E-state index contributed by atoms with van der Waals surface area (Å²) in [5.74, 6) is -5.63. The molecular formula is C42H42F5N3O8S. The van der Waals surface area contributed by atoms with E-state index in [1.54, 1.807) is 33.7 Å². The van der Waals surface area contributed by atoms with E-state index in [0.717, 1.165) is 41.1 Å². The van der Waals surface area contributed by atoms with Crippen molar-refractivity contribution in [2.24, 2.45) is 0 Å². The summed E-state index contributed by atoms with van der Waals surface area (Å²) in [7, 11) is 0. The van der Waals surface area contributed by atoms with E-state index < -0.39 is 47.5 Å². The maximum absolute atomic E-state index is 14.5. The van der Waals surface area contributed by atoms with Gasteiger partial charge in [-0.05, 0) is 67.0 Å². The second-order valence-corrected chi connectivity index (χ2v) is 14.2. The van der Waals surface area contributed by atoms with Gasteiger partial charge in [-0.25, -0.2) is 18.4 Å². The quantitative estimate of drug-likeness (QED) is 0.0499. The maximum Gasteiger partial charge on any atom is 0.416 e. The number of carboxylic acid groups (broad SMARTS) is 2. The summed E-state index contributed by atoms with van der Waals surface area (Å²) in [4.78, 5) is 50.9. The lowest BCUT2D eigenvalue weighted by Gasteiger charge is -2.37. The van der Waals surface area contributed by atoms with Gasteiger partial charge in [-0.2, -0.15) is 13.2 Å². The van der Waals surface area contributed by atoms with Crippen LogP contribution in [-0.2, 0) is 39.4 Å². The lowest BCUT2D eigenvalue weighted by atomic mass is 10.0. The fourth-order valence-corrected chi connectivity index (χ4v) is 7.16. The number of aliphatic carboxylic acids is 2. The number of benzene rings is 4. The number of pyridine rings is 1. The van der Waals surface area contributed by atoms with Gasteiger partial charge in [0, 0.05) is 29.3 Å². The molecule has 1 aromatic heterocycles. The van der Waals surface area contributed by atoms with Gasteiger partial charge in [0.15, 0.2) is 29.3 Å². The zero-order valence-corrected chi connectivity index (χ0v) is 32.9. The average molecular weight is 844 g/mol. The standard InChI is InChI=1S/C38H36F5N3O2S.C4H6O6/c1-4-44(5-2)25(3)45(22-26-13-15-27(16-14-26)28-17-19-30(20-18-28)38(41,42)43)35(48)23-46-33-12-7-6-10-31(33)34(47)21-36(46)49-24-29-9-8-11-32(39)37(29)40;5-1(3(7)8)2(6)4(9)10/h6-21,25H,4-5,22-24H2,1-3H3;1-2,5-6H,(H,7,8)(H,9,10). The zero-order valence-electron chi connectivity index (χ0n) is 32.1. The minimum atomic E-state index is -4.42. The van der Waals surface area contributed by atoms with Crippen LogP contribution >= 0.6 is 11.8 Å². The Morgan fingerprint density at radius 1 is 0.797 bits per heavy atom. The number of aliphatic hydroxyl groups excluding tert-OH is 2. The Bertz CT molecular complexity index is 2280. The van der Waals surface area contributed by atoms with Crippen molar-refractivity contribution in [1.29, 1.82) is 0 Å². The largest absolute Gasteiger partial charge is 0.479 e. The number of aliphatic hydroxyl groups is 2. The molecule has 11 nitrogen and oxygen atoms in total. The van der Waals surface area contributed by atoms with Crippen LogP contribution in [0, 0.1) is 11.6 Å². The smallest absolute Gasteiger partial charge is 0.416 e. The van der Waals surface area contributed by atoms with E-state index in [1.165, 1.54) is 30.3 Å². The Morgan fingerprint density at radius 2 is 1.36 bits per heavy atom. The molecule has 3 unspecified atom stereocenters. The number of carboxylic acids is 2. The molecule has 314 valence electrons. The van der Waals surface area contributed by atoms with Crippen molar-refractivity contribution >= 4 is 40.5 Å². The van der Waals surface area contributed by atoms with Gasteiger partial charge in [0.1, 0.15) is 6.54 Å². The molecule has 1 amide bonds. The lowest BCUT2D eigenvalue weighted by Crippen LogP contribution is -2.49. The van der Waals surface area contributed by atoms with Crippen LogP contribution < -0.4 is 5.43 Å². The van der Waals surface area contributed by atoms with Crippen LogP contribution in [0.1, 0.15) is 37.5 Å². The summed E-state index contributed by atoms with van der Waals surface area (Å²) < 4.78 is 69.3. The number of fused-ring (bicyclic) bond motifs is 1. The Morgan fingerprint density at radius 3 is 1.90 bits per heavy atom. The molecule has 5 rings (SSSR count). The number of rotatable bonds is 15. The molecule has 0 fully saturated rings. The summed E-state index contributed by atoms with van der Waals surface area (Å²) >= 11 is 1.15. The maximum atomic E-state index is 14.5. The van der Waals surface area contributed by atoms with Gasteiger partial charge in [-0.1, -0.05) is 74.5 Å². The SMILES string of the molecule is CCN(CC)C(C)N(Cc1ccc(-c2ccc(C(F)(F)F)cc2)cc1)C(=O)Cn1c(SCc2cccc(F)c2F)cc(=O)c2ccccc21.O=C(O)C(O)C(O)C(=O)O. The average Bonchev–Trinajstić information content (AvgIpc) is 3.21. The van der Waals surface area contributed by atoms with Gasteiger partial charge in [0.25, 0.3) is 0 Å². The molecule has 0 aliphatic heterocycles. The van der Waals surface area contributed by atoms with Gasteiger partial charge < -0.3 is 29.9 Å². The Hall–Kier alpha value is -5.62. The van der Waals surface area contributed by atoms with E-state index in [0.29, 0.717) is 34.6 Å². The van der Waals surface area contributed by atoms with Crippen LogP contribution in [0.2, 0.25) is 0 Å². The first-order chi connectivity index (χ1) is 27.9. The van der Waals surface area contributed by atoms with Crippen LogP contribution in [0.15, 0.2) is 107 Å². The van der Waals surface area contributed by atoms with Gasteiger partial charge in [-0.3, -0.25) is 14.5 Å². The molecule has 0 saturated carbocycles. The van der Waals surface area contributed by atoms with E-state index in [1.807, 2.05) is 45.0 Å². The number of hydrogen-bond acceptors (Lipinski definition) is 8. The van der Waals surface area contributed by atoms with Crippen LogP contribution in [0.4, 0.5) is 22.0 Å². The zero-order chi connectivity index (χ0) is 43.6. The lowest BCUT2D eigenvalue weighted by molar-refractivity contribution is -0.165. The molecule has 0 aliphatic carbocycles. The summed E-state index contributed by atoms with van der Waals surface area (Å²) in [6.45, 7) is 7.48. The number of nitrogens with zero attached hydrogens (tertiary/aromatic N) is 3. The monoisotopic (exact) mass is 843 g/mol. The van der Waals surface area contributed by atoms with Gasteiger partial charge >= 0.3 is 18.1 Å². The first kappa shape index (κ1) is 46.1. The van der Waals surface area contributed by atoms with Crippen molar-refractivity contribution in [1.82, 2.24) is 14.4 Å². The van der Waals surface area contributed by atoms with Crippen LogP contribution in [0.25, 0.3) is 22.0 Å². The third kappa shape index (κ3) is 11.7. The second-order valence-electron chi connectivity index (χ2n) is 13.2. The molecule has 0 spiro atoms. The number of hydrogen-bond donors (Lipinski definition) is 4. The minimum absolute atomic E-state index is 0.0421. The fraction of sp³-hybridized carbons (Fsp3) is 0.286. The first-order valence-corrected chi connectivity index (χ1v) is 19.2. The van der Waals surface area contributed by atoms with Crippen LogP contribution in [0.3, 0.4) is 0 Å². The molecule has 3 atom stereocenters. The molecular weight excluding hydrogens is 802 g/mol. The van der Waals surface area contributed by atoms with Crippen molar-refractivity contribution in [2.45, 2.75) is 69.2 Å². The minimum Gasteiger partial charge on any atom is -0.479 e. The molecule has 59 heavy (non-hydrogen) atoms. The number of carbonyl (C=O) groups excluding carboxylic acids is 1. The number of alkyl halides is 3. The predicted molar refractivity (Wildman–Crippen MR) is 211 cm³/mol. The molecule has 1 heterocycles. The molecule has 17 heteroatoms. The Balaban J connectivity index is 0.000000680. The van der Waals surface area contributed by atoms with Gasteiger partial charge in [0.05, 0.1) is 22.3 Å². The summed E-state index contributed by atoms with van der Waals surface area (Å²) in [6, 6.07) is 24.7. The van der Waals surface area contributed by atoms with Crippen LogP contribution in [-0.4, -0.2) is 84.1 Å². The highest BCUT2D eigenvalue weighted by Gasteiger charge is 2.31. The van der Waals surface area contributed by atoms with Crippen molar-refractivity contribution in [3.8, 4) is 11.1 Å². The van der Waals surface area contributed by atoms with E-state index in [-0.39, 0.29) is 41.9 Å². The number of amides is 1. The first-order valence-electron chi connectivity index (χ1n) is 18.2. The number of aromatic nitrogens is 1. The number of halogens is 5. The van der Waals surface area contributed by atoms with E-state index in [4.69, 9.17) is 20.4 Å². The number of thioether (sulfide) groups is 1. The number of carbonyl (C=O) groups is 3. The van der Waals surface area contributed by atoms with Crippen molar-refractivity contribution < 1.29 is 56.8 Å². The summed E-state index contributed by atoms with van der Waals surface area (Å²) in [5.41, 5.74) is 1.92. The summed E-state index contributed by atoms with van der Waals surface area (Å²) in [5, 5.41) is 33.4. The van der Waals surface area contributed by atoms with Crippen molar-refractivity contribution in [3.63, 3.8) is 0 Å². The van der Waals surface area contributed by atoms with E-state index in [9.17, 15) is 41.1 Å².